The van der Waals surface area contributed by atoms with Crippen LogP contribution in [0.3, 0.4) is 0 Å². The third-order valence-corrected chi connectivity index (χ3v) is 1.80. The van der Waals surface area contributed by atoms with Crippen LogP contribution in [0.25, 0.3) is 0 Å². The number of carbonyl (C=O) groups is 1. The Morgan fingerprint density at radius 3 is 2.50 bits per heavy atom. The Labute approximate surface area is 61.5 Å². The van der Waals surface area contributed by atoms with Crippen LogP contribution in [0.15, 0.2) is 0 Å². The van der Waals surface area contributed by atoms with E-state index in [4.69, 9.17) is 17.3 Å². The molecule has 48 valence electrons. The second kappa shape index (κ2) is 4.15. The van der Waals surface area contributed by atoms with Crippen LogP contribution in [0.4, 0.5) is 0 Å². The van der Waals surface area contributed by atoms with E-state index in [1.165, 1.54) is 0 Å². The average Bonchev–Trinajstić information content (AvgIpc) is 1.67. The summed E-state index contributed by atoms with van der Waals surface area (Å²) in [6, 6.07) is 0. The highest BCUT2D eigenvalue weighted by atomic mass is 79.9. The molecule has 0 aromatic heterocycles. The molecule has 2 nitrogen and oxygen atoms in total. The molecular formula is C4H7BrClNO. The van der Waals surface area contributed by atoms with Crippen LogP contribution in [0, 0.1) is 0 Å². The van der Waals surface area contributed by atoms with Crippen LogP contribution in [-0.2, 0) is 4.79 Å². The van der Waals surface area contributed by atoms with Crippen molar-refractivity contribution >= 4 is 33.4 Å². The summed E-state index contributed by atoms with van der Waals surface area (Å²) >= 11 is 8.35. The molecule has 0 fully saturated rings. The first-order chi connectivity index (χ1) is 3.68. The molecule has 0 saturated carbocycles. The van der Waals surface area contributed by atoms with Gasteiger partial charge in [-0.05, 0) is 6.42 Å². The minimum absolute atomic E-state index is 0.264. The van der Waals surface area contributed by atoms with Gasteiger partial charge in [-0.1, -0.05) is 15.9 Å². The summed E-state index contributed by atoms with van der Waals surface area (Å²) in [5, 5.41) is 0. The molecule has 4 heteroatoms. The number of primary amides is 1. The Kier molecular flexibility index (Phi) is 4.28. The van der Waals surface area contributed by atoms with E-state index < -0.39 is 0 Å². The fourth-order valence-corrected chi connectivity index (χ4v) is 0.949. The summed E-state index contributed by atoms with van der Waals surface area (Å²) in [5.41, 5.74) is 4.88. The highest BCUT2D eigenvalue weighted by molar-refractivity contribution is 9.10. The van der Waals surface area contributed by atoms with E-state index in [0.717, 1.165) is 0 Å². The molecule has 1 atom stereocenters. The Morgan fingerprint density at radius 2 is 2.38 bits per heavy atom. The summed E-state index contributed by atoms with van der Waals surface area (Å²) < 4.78 is 0. The summed E-state index contributed by atoms with van der Waals surface area (Å²) in [5.74, 6) is 0.101. The molecule has 0 spiro atoms. The van der Waals surface area contributed by atoms with E-state index in [-0.39, 0.29) is 10.7 Å². The summed E-state index contributed by atoms with van der Waals surface area (Å²) in [6.45, 7) is 0. The van der Waals surface area contributed by atoms with E-state index in [1.807, 2.05) is 0 Å². The maximum absolute atomic E-state index is 10.2. The molecule has 0 saturated heterocycles. The normalized spacial score (nSPS) is 13.2. The number of hydrogen-bond acceptors (Lipinski definition) is 1. The van der Waals surface area contributed by atoms with Crippen LogP contribution in [-0.4, -0.2) is 16.6 Å². The first-order valence-electron chi connectivity index (χ1n) is 2.18. The second-order valence-corrected chi connectivity index (χ2v) is 2.83. The molecule has 8 heavy (non-hydrogen) atoms. The van der Waals surface area contributed by atoms with Crippen LogP contribution < -0.4 is 5.73 Å². The molecule has 2 N–H and O–H groups in total. The van der Waals surface area contributed by atoms with Crippen molar-refractivity contribution in [2.45, 2.75) is 11.2 Å². The molecular weight excluding hydrogens is 193 g/mol. The van der Waals surface area contributed by atoms with Crippen molar-refractivity contribution in [3.05, 3.63) is 0 Å². The molecule has 0 rings (SSSR count). The third-order valence-electron chi connectivity index (χ3n) is 0.671. The SMILES string of the molecule is NC(=O)C(Br)CCCl. The van der Waals surface area contributed by atoms with Crippen molar-refractivity contribution in [2.75, 3.05) is 5.88 Å². The number of rotatable bonds is 3. The van der Waals surface area contributed by atoms with Gasteiger partial charge in [-0.3, -0.25) is 4.79 Å². The van der Waals surface area contributed by atoms with Gasteiger partial charge in [0.05, 0.1) is 4.83 Å². The van der Waals surface area contributed by atoms with Gasteiger partial charge < -0.3 is 5.73 Å². The van der Waals surface area contributed by atoms with Gasteiger partial charge in [0.1, 0.15) is 0 Å². The van der Waals surface area contributed by atoms with Gasteiger partial charge in [-0.15, -0.1) is 11.6 Å². The lowest BCUT2D eigenvalue weighted by Gasteiger charge is -1.98. The lowest BCUT2D eigenvalue weighted by molar-refractivity contribution is -0.117. The lowest BCUT2D eigenvalue weighted by atomic mass is 10.3. The Hall–Kier alpha value is 0.240. The number of hydrogen-bond donors (Lipinski definition) is 1. The highest BCUT2D eigenvalue weighted by Gasteiger charge is 2.07. The van der Waals surface area contributed by atoms with E-state index in [1.54, 1.807) is 0 Å². The summed E-state index contributed by atoms with van der Waals surface area (Å²) in [4.78, 5) is 9.94. The van der Waals surface area contributed by atoms with Crippen molar-refractivity contribution in [3.8, 4) is 0 Å². The summed E-state index contributed by atoms with van der Waals surface area (Å²) in [7, 11) is 0. The number of nitrogens with two attached hydrogens (primary N) is 1. The summed E-state index contributed by atoms with van der Waals surface area (Å²) in [6.07, 6.45) is 0.594. The van der Waals surface area contributed by atoms with Crippen molar-refractivity contribution in [2.24, 2.45) is 5.73 Å². The first kappa shape index (κ1) is 8.24. The Balaban J connectivity index is 3.32. The van der Waals surface area contributed by atoms with Gasteiger partial charge in [-0.2, -0.15) is 0 Å². The van der Waals surface area contributed by atoms with Gasteiger partial charge in [-0.25, -0.2) is 0 Å². The van der Waals surface area contributed by atoms with E-state index >= 15 is 0 Å². The minimum Gasteiger partial charge on any atom is -0.369 e. The maximum Gasteiger partial charge on any atom is 0.231 e. The second-order valence-electron chi connectivity index (χ2n) is 1.35. The van der Waals surface area contributed by atoms with Gasteiger partial charge in [0.25, 0.3) is 0 Å². The predicted octanol–water partition coefficient (Wildman–Crippen LogP) is 0.864. The van der Waals surface area contributed by atoms with Gasteiger partial charge in [0, 0.05) is 5.88 Å². The number of amides is 1. The molecule has 0 bridgehead atoms. The first-order valence-corrected chi connectivity index (χ1v) is 3.63. The molecule has 0 heterocycles. The van der Waals surface area contributed by atoms with Crippen molar-refractivity contribution < 1.29 is 4.79 Å². The van der Waals surface area contributed by atoms with E-state index in [9.17, 15) is 4.79 Å². The Morgan fingerprint density at radius 1 is 1.88 bits per heavy atom. The number of alkyl halides is 2. The third kappa shape index (κ3) is 3.27. The van der Waals surface area contributed by atoms with Gasteiger partial charge >= 0.3 is 0 Å². The van der Waals surface area contributed by atoms with Crippen LogP contribution in [0.2, 0.25) is 0 Å². The van der Waals surface area contributed by atoms with Crippen molar-refractivity contribution in [1.29, 1.82) is 0 Å². The van der Waals surface area contributed by atoms with E-state index in [2.05, 4.69) is 15.9 Å². The predicted molar refractivity (Wildman–Crippen MR) is 37.2 cm³/mol. The van der Waals surface area contributed by atoms with Gasteiger partial charge in [0.2, 0.25) is 5.91 Å². The Bertz CT molecular complexity index is 88.1. The molecule has 0 aromatic carbocycles. The minimum atomic E-state index is -0.356. The average molecular weight is 200 g/mol. The van der Waals surface area contributed by atoms with E-state index in [0.29, 0.717) is 12.3 Å². The standard InChI is InChI=1S/C4H7BrClNO/c5-3(1-2-6)4(7)8/h3H,1-2H2,(H2,7,8). The fraction of sp³-hybridized carbons (Fsp3) is 0.750. The molecule has 0 aliphatic heterocycles. The number of carbonyl (C=O) groups excluding carboxylic acids is 1. The smallest absolute Gasteiger partial charge is 0.231 e. The van der Waals surface area contributed by atoms with Gasteiger partial charge in [0.15, 0.2) is 0 Å². The maximum atomic E-state index is 10.2. The quantitative estimate of drug-likeness (QED) is 0.675. The zero-order valence-electron chi connectivity index (χ0n) is 4.23. The zero-order chi connectivity index (χ0) is 6.57. The van der Waals surface area contributed by atoms with Crippen LogP contribution in [0.5, 0.6) is 0 Å². The highest BCUT2D eigenvalue weighted by Crippen LogP contribution is 2.03. The topological polar surface area (TPSA) is 43.1 Å². The lowest BCUT2D eigenvalue weighted by Crippen LogP contribution is -2.23. The molecule has 1 amide bonds. The van der Waals surface area contributed by atoms with Crippen molar-refractivity contribution in [3.63, 3.8) is 0 Å². The molecule has 0 aliphatic rings. The zero-order valence-corrected chi connectivity index (χ0v) is 6.58. The van der Waals surface area contributed by atoms with Crippen LogP contribution >= 0.6 is 27.5 Å². The fourth-order valence-electron chi connectivity index (χ4n) is 0.238. The van der Waals surface area contributed by atoms with Crippen molar-refractivity contribution in [1.82, 2.24) is 0 Å². The van der Waals surface area contributed by atoms with Crippen LogP contribution in [0.1, 0.15) is 6.42 Å². The molecule has 0 aromatic rings. The number of halogens is 2. The monoisotopic (exact) mass is 199 g/mol. The molecule has 0 aliphatic carbocycles. The largest absolute Gasteiger partial charge is 0.369 e. The molecule has 1 unspecified atom stereocenters. The molecule has 0 radical (unpaired) electrons.